The first kappa shape index (κ1) is 20.9. The molecule has 0 saturated carbocycles. The molecule has 3 aromatic rings. The Morgan fingerprint density at radius 3 is 2.13 bits per heavy atom. The van der Waals surface area contributed by atoms with Gasteiger partial charge in [0.1, 0.15) is 5.60 Å². The highest BCUT2D eigenvalue weighted by Crippen LogP contribution is 2.43. The molecule has 5 nitrogen and oxygen atoms in total. The third-order valence-corrected chi connectivity index (χ3v) is 9.16. The van der Waals surface area contributed by atoms with E-state index < -0.39 is 17.2 Å². The number of hydrogen-bond acceptors (Lipinski definition) is 5. The Kier molecular flexibility index (Phi) is 5.54. The second-order valence-corrected chi connectivity index (χ2v) is 10.9. The first-order valence-corrected chi connectivity index (χ1v) is 12.8. The monoisotopic (exact) mass is 457 g/mol. The van der Waals surface area contributed by atoms with Crippen LogP contribution in [0.2, 0.25) is 0 Å². The lowest BCUT2D eigenvalue weighted by Gasteiger charge is -2.54. The van der Waals surface area contributed by atoms with Gasteiger partial charge < -0.3 is 18.9 Å². The van der Waals surface area contributed by atoms with Crippen molar-refractivity contribution in [3.8, 4) is 0 Å². The minimum atomic E-state index is -1.71. The summed E-state index contributed by atoms with van der Waals surface area (Å²) in [6.45, 7) is 5.39. The second-order valence-electron chi connectivity index (χ2n) is 9.00. The van der Waals surface area contributed by atoms with E-state index in [1.165, 1.54) is 29.2 Å². The van der Waals surface area contributed by atoms with Crippen molar-refractivity contribution in [2.75, 3.05) is 26.2 Å². The summed E-state index contributed by atoms with van der Waals surface area (Å²) in [6.07, 6.45) is 8.06. The van der Waals surface area contributed by atoms with Crippen LogP contribution in [0, 0.1) is 0 Å². The van der Waals surface area contributed by atoms with E-state index in [2.05, 4.69) is 29.1 Å². The highest BCUT2D eigenvalue weighted by Gasteiger charge is 2.54. The molecule has 7 heteroatoms. The minimum Gasteiger partial charge on any atom is -0.456 e. The maximum Gasteiger partial charge on any atom is 0.349 e. The Bertz CT molecular complexity index is 937. The summed E-state index contributed by atoms with van der Waals surface area (Å²) in [4.78, 5) is 14.7. The molecule has 6 rings (SSSR count). The normalized spacial score (nSPS) is 25.6. The Morgan fingerprint density at radius 1 is 1.03 bits per heavy atom. The average Bonchev–Trinajstić information content (AvgIpc) is 3.58. The number of esters is 1. The zero-order valence-electron chi connectivity index (χ0n) is 17.6. The number of carbonyl (C=O) groups is 1. The van der Waals surface area contributed by atoms with E-state index in [4.69, 9.17) is 4.74 Å². The fourth-order valence-electron chi connectivity index (χ4n) is 5.19. The van der Waals surface area contributed by atoms with Gasteiger partial charge in [0.15, 0.2) is 0 Å². The molecule has 0 atom stereocenters. The summed E-state index contributed by atoms with van der Waals surface area (Å²) in [6, 6.07) is 11.5. The van der Waals surface area contributed by atoms with Crippen molar-refractivity contribution in [3.05, 3.63) is 69.3 Å². The molecule has 1 N–H and O–H groups in total. The predicted molar refractivity (Wildman–Crippen MR) is 123 cm³/mol. The van der Waals surface area contributed by atoms with Gasteiger partial charge in [0.2, 0.25) is 5.60 Å². The maximum absolute atomic E-state index is 13.4. The van der Waals surface area contributed by atoms with Gasteiger partial charge in [-0.2, -0.15) is 0 Å². The number of hydrogen-bond donors (Lipinski definition) is 1. The van der Waals surface area contributed by atoms with Crippen LogP contribution in [0.1, 0.15) is 35.4 Å². The fraction of sp³-hybridized carbons (Fsp3) is 0.458. The number of nitrogens with zero attached hydrogens (tertiary/aromatic N) is 2. The fourth-order valence-corrected chi connectivity index (χ4v) is 6.91. The minimum absolute atomic E-state index is 0.431. The molecule has 3 saturated heterocycles. The van der Waals surface area contributed by atoms with Crippen LogP contribution in [-0.2, 0) is 21.7 Å². The summed E-state index contributed by atoms with van der Waals surface area (Å²) in [5.41, 5.74) is -2.14. The molecule has 0 aromatic carbocycles. The molecule has 0 aliphatic carbocycles. The molecular weight excluding hydrogens is 428 g/mol. The van der Waals surface area contributed by atoms with Gasteiger partial charge in [-0.15, -0.1) is 22.7 Å². The molecule has 3 aliphatic rings. The van der Waals surface area contributed by atoms with Crippen molar-refractivity contribution < 1.29 is 19.1 Å². The van der Waals surface area contributed by atoms with Crippen LogP contribution in [0.5, 0.6) is 0 Å². The van der Waals surface area contributed by atoms with Gasteiger partial charge in [-0.1, -0.05) is 12.1 Å². The topological polar surface area (TPSA) is 51.5 Å². The summed E-state index contributed by atoms with van der Waals surface area (Å²) < 4.78 is 9.58. The lowest BCUT2D eigenvalue weighted by Crippen LogP contribution is -2.66. The third kappa shape index (κ3) is 3.89. The molecular formula is C24H29N2O3S2+. The Morgan fingerprint density at radius 2 is 1.61 bits per heavy atom. The van der Waals surface area contributed by atoms with E-state index in [0.717, 1.165) is 56.3 Å². The smallest absolute Gasteiger partial charge is 0.349 e. The second kappa shape index (κ2) is 8.20. The lowest BCUT2D eigenvalue weighted by molar-refractivity contribution is -0.945. The predicted octanol–water partition coefficient (Wildman–Crippen LogP) is 4.23. The summed E-state index contributed by atoms with van der Waals surface area (Å²) in [5, 5.41) is 15.3. The van der Waals surface area contributed by atoms with Crippen LogP contribution in [0.4, 0.5) is 0 Å². The average molecular weight is 458 g/mol. The number of aliphatic hydroxyl groups is 1. The molecule has 3 fully saturated rings. The van der Waals surface area contributed by atoms with E-state index in [-0.39, 0.29) is 0 Å². The van der Waals surface area contributed by atoms with Crippen molar-refractivity contribution in [1.82, 2.24) is 4.57 Å². The summed E-state index contributed by atoms with van der Waals surface area (Å²) in [5.74, 6) is -0.521. The number of quaternary nitrogens is 1. The zero-order valence-corrected chi connectivity index (χ0v) is 19.2. The van der Waals surface area contributed by atoms with Gasteiger partial charge in [0, 0.05) is 44.6 Å². The number of rotatable bonds is 8. The van der Waals surface area contributed by atoms with E-state index in [1.54, 1.807) is 0 Å². The summed E-state index contributed by atoms with van der Waals surface area (Å²) in [7, 11) is 0. The van der Waals surface area contributed by atoms with Gasteiger partial charge in [0.05, 0.1) is 35.9 Å². The van der Waals surface area contributed by atoms with Crippen molar-refractivity contribution >= 4 is 28.6 Å². The van der Waals surface area contributed by atoms with E-state index in [9.17, 15) is 9.90 Å². The van der Waals surface area contributed by atoms with Crippen LogP contribution in [0.25, 0.3) is 0 Å². The first-order chi connectivity index (χ1) is 15.0. The van der Waals surface area contributed by atoms with Gasteiger partial charge in [-0.25, -0.2) is 4.79 Å². The largest absolute Gasteiger partial charge is 0.456 e. The molecule has 2 bridgehead atoms. The number of piperidine rings is 3. The number of fused-ring (bicyclic) bond motifs is 3. The number of aryl methyl sites for hydroxylation is 1. The van der Waals surface area contributed by atoms with Crippen molar-refractivity contribution in [2.45, 2.75) is 43.4 Å². The van der Waals surface area contributed by atoms with Crippen LogP contribution < -0.4 is 0 Å². The highest BCUT2D eigenvalue weighted by atomic mass is 32.1. The number of aromatic nitrogens is 1. The van der Waals surface area contributed by atoms with Crippen molar-refractivity contribution in [1.29, 1.82) is 0 Å². The lowest BCUT2D eigenvalue weighted by atomic mass is 9.80. The van der Waals surface area contributed by atoms with Gasteiger partial charge in [-0.3, -0.25) is 0 Å². The quantitative estimate of drug-likeness (QED) is 0.407. The molecule has 3 aromatic heterocycles. The molecule has 0 spiro atoms. The Balaban J connectivity index is 1.25. The molecule has 31 heavy (non-hydrogen) atoms. The van der Waals surface area contributed by atoms with Crippen molar-refractivity contribution in [3.63, 3.8) is 0 Å². The van der Waals surface area contributed by atoms with Crippen LogP contribution >= 0.6 is 22.7 Å². The Labute approximate surface area is 191 Å². The van der Waals surface area contributed by atoms with Crippen molar-refractivity contribution in [2.24, 2.45) is 0 Å². The van der Waals surface area contributed by atoms with Gasteiger partial charge >= 0.3 is 5.97 Å². The van der Waals surface area contributed by atoms with E-state index >= 15 is 0 Å². The highest BCUT2D eigenvalue weighted by molar-refractivity contribution is 7.12. The SMILES string of the molecule is O=C(OC12CC[N+](CCCn3cccc3)(CC1)CC2)C(O)(c1cccs1)c1cccs1. The molecule has 3 aliphatic heterocycles. The number of ether oxygens (including phenoxy) is 1. The van der Waals surface area contributed by atoms with Crippen LogP contribution in [0.3, 0.4) is 0 Å². The molecule has 6 heterocycles. The van der Waals surface area contributed by atoms with Gasteiger partial charge in [-0.05, 0) is 35.0 Å². The van der Waals surface area contributed by atoms with Gasteiger partial charge in [0.25, 0.3) is 0 Å². The Hall–Kier alpha value is -1.93. The number of thiophene rings is 2. The molecule has 164 valence electrons. The molecule has 0 radical (unpaired) electrons. The molecule has 0 unspecified atom stereocenters. The van der Waals surface area contributed by atoms with E-state index in [0.29, 0.717) is 9.75 Å². The number of carbonyl (C=O) groups excluding carboxylic acids is 1. The maximum atomic E-state index is 13.4. The third-order valence-electron chi connectivity index (χ3n) is 7.20. The van der Waals surface area contributed by atoms with Crippen LogP contribution in [0.15, 0.2) is 59.6 Å². The van der Waals surface area contributed by atoms with E-state index in [1.807, 2.05) is 35.0 Å². The zero-order chi connectivity index (χ0) is 21.4. The standard InChI is InChI=1S/C24H29N2O3S2/c27-22(24(28,20-6-3-18-30-20)21-7-4-19-31-21)29-23-8-15-26(16-9-23,17-10-23)14-5-13-25-11-1-2-12-25/h1-4,6-7,11-12,18-19,28H,5,8-10,13-17H2/q+1. The summed E-state index contributed by atoms with van der Waals surface area (Å²) >= 11 is 2.79. The van der Waals surface area contributed by atoms with Crippen LogP contribution in [-0.4, -0.2) is 51.9 Å². The molecule has 0 amide bonds. The first-order valence-electron chi connectivity index (χ1n) is 11.0.